The molecule has 4 N–H and O–H groups in total. The second-order valence-electron chi connectivity index (χ2n) is 30.4. The Labute approximate surface area is 680 Å². The predicted molar refractivity (Wildman–Crippen MR) is 449 cm³/mol. The number of benzene rings is 11. The fourth-order valence-electron chi connectivity index (χ4n) is 14.2. The van der Waals surface area contributed by atoms with Crippen molar-refractivity contribution in [2.24, 2.45) is 35.5 Å². The van der Waals surface area contributed by atoms with Crippen LogP contribution in [0, 0.1) is 35.5 Å². The molecule has 19 nitrogen and oxygen atoms in total. The first-order chi connectivity index (χ1) is 56.8. The normalized spacial score (nSPS) is 16.8. The van der Waals surface area contributed by atoms with Gasteiger partial charge in [0.15, 0.2) is 11.6 Å². The number of ketones is 2. The number of nitrogens with one attached hydrogen (secondary N) is 4. The van der Waals surface area contributed by atoms with Crippen molar-refractivity contribution in [1.82, 2.24) is 0 Å². The molecule has 3 aliphatic carbocycles. The average Bonchev–Trinajstić information content (AvgIpc) is 0.819. The number of para-hydroxylation sites is 3. The van der Waals surface area contributed by atoms with Crippen molar-refractivity contribution in [3.05, 3.63) is 317 Å². The zero-order chi connectivity index (χ0) is 81.6. The van der Waals surface area contributed by atoms with Gasteiger partial charge in [0.2, 0.25) is 0 Å². The number of rotatable bonds is 26. The maximum atomic E-state index is 13.8. The maximum Gasteiger partial charge on any atom is 0.314 e. The van der Waals surface area contributed by atoms with Gasteiger partial charge >= 0.3 is 17.9 Å². The van der Waals surface area contributed by atoms with Crippen molar-refractivity contribution in [2.45, 2.75) is 111 Å². The van der Waals surface area contributed by atoms with Crippen molar-refractivity contribution in [2.75, 3.05) is 21.3 Å². The first-order valence-electron chi connectivity index (χ1n) is 39.8. The average molecular weight is 1570 g/mol. The molecule has 3 saturated carbocycles. The van der Waals surface area contributed by atoms with E-state index in [0.29, 0.717) is 97.7 Å². The molecule has 0 spiro atoms. The summed E-state index contributed by atoms with van der Waals surface area (Å²) in [6, 6.07) is 77.7. The molecule has 117 heavy (non-hydrogen) atoms. The Kier molecular flexibility index (Phi) is 27.5. The van der Waals surface area contributed by atoms with E-state index in [2.05, 4.69) is 42.0 Å². The van der Waals surface area contributed by atoms with E-state index >= 15 is 0 Å². The molecular formula is C98H92N4O15. The molecule has 0 aliphatic heterocycles. The van der Waals surface area contributed by atoms with Gasteiger partial charge in [-0.2, -0.15) is 0 Å². The molecule has 11 aromatic rings. The van der Waals surface area contributed by atoms with Crippen LogP contribution in [0.4, 0.5) is 22.7 Å². The summed E-state index contributed by atoms with van der Waals surface area (Å²) in [5.41, 5.74) is 4.33. The topological polar surface area (TPSA) is 257 Å². The monoisotopic (exact) mass is 1560 g/mol. The summed E-state index contributed by atoms with van der Waals surface area (Å²) in [4.78, 5) is 120. The van der Waals surface area contributed by atoms with Crippen LogP contribution >= 0.6 is 0 Å². The fraction of sp³-hybridized carbons (Fsp3) is 0.235. The number of amides is 4. The van der Waals surface area contributed by atoms with E-state index in [1.807, 2.05) is 103 Å². The van der Waals surface area contributed by atoms with Crippen LogP contribution in [0.1, 0.15) is 171 Å². The number of Topliss-reactive ketones (excluding diaryl/α,β-unsaturated/α-hetero) is 2. The molecule has 0 unspecified atom stereocenters. The van der Waals surface area contributed by atoms with Gasteiger partial charge in [-0.3, -0.25) is 43.2 Å². The summed E-state index contributed by atoms with van der Waals surface area (Å²) < 4.78 is 34.5. The van der Waals surface area contributed by atoms with Crippen LogP contribution in [-0.4, -0.2) is 53.1 Å². The van der Waals surface area contributed by atoms with E-state index in [0.717, 1.165) is 82.6 Å². The molecule has 19 heteroatoms. The Bertz CT molecular complexity index is 5040. The van der Waals surface area contributed by atoms with Gasteiger partial charge in [0.25, 0.3) is 23.6 Å². The highest BCUT2D eigenvalue weighted by Crippen LogP contribution is 2.35. The molecule has 594 valence electrons. The van der Waals surface area contributed by atoms with Crippen molar-refractivity contribution in [3.8, 4) is 51.7 Å². The molecule has 3 fully saturated rings. The van der Waals surface area contributed by atoms with Gasteiger partial charge in [-0.1, -0.05) is 99.6 Å². The lowest BCUT2D eigenvalue weighted by molar-refractivity contribution is -0.141. The molecule has 14 rings (SSSR count). The highest BCUT2D eigenvalue weighted by atomic mass is 16.5. The van der Waals surface area contributed by atoms with Gasteiger partial charge in [0.1, 0.15) is 51.7 Å². The largest absolute Gasteiger partial charge is 0.457 e. The third-order valence-electron chi connectivity index (χ3n) is 21.2. The summed E-state index contributed by atoms with van der Waals surface area (Å²) >= 11 is 0. The second-order valence-corrected chi connectivity index (χ2v) is 30.4. The van der Waals surface area contributed by atoms with E-state index in [1.165, 1.54) is 24.3 Å². The van der Waals surface area contributed by atoms with Crippen LogP contribution in [0.2, 0.25) is 0 Å². The Balaban J connectivity index is 0.000000205. The Morgan fingerprint density at radius 2 is 0.487 bits per heavy atom. The van der Waals surface area contributed by atoms with Crippen molar-refractivity contribution < 1.29 is 71.6 Å². The summed E-state index contributed by atoms with van der Waals surface area (Å²) in [7, 11) is 0. The minimum absolute atomic E-state index is 0.0205. The maximum absolute atomic E-state index is 13.8. The first-order valence-corrected chi connectivity index (χ1v) is 39.8. The van der Waals surface area contributed by atoms with Gasteiger partial charge in [-0.15, -0.1) is 0 Å². The quantitative estimate of drug-likeness (QED) is 0.0223. The van der Waals surface area contributed by atoms with Crippen LogP contribution < -0.4 is 49.7 Å². The Hall–Kier alpha value is -13.6. The van der Waals surface area contributed by atoms with Crippen molar-refractivity contribution in [3.63, 3.8) is 0 Å². The summed E-state index contributed by atoms with van der Waals surface area (Å²) in [6.07, 6.45) is 10.9. The zero-order valence-electron chi connectivity index (χ0n) is 65.5. The van der Waals surface area contributed by atoms with Crippen LogP contribution in [0.5, 0.6) is 51.7 Å². The van der Waals surface area contributed by atoms with Crippen molar-refractivity contribution in [1.29, 1.82) is 0 Å². The van der Waals surface area contributed by atoms with Crippen LogP contribution in [0.3, 0.4) is 0 Å². The van der Waals surface area contributed by atoms with E-state index in [4.69, 9.17) is 28.4 Å². The minimum Gasteiger partial charge on any atom is -0.457 e. The minimum atomic E-state index is -0.529. The summed E-state index contributed by atoms with van der Waals surface area (Å²) in [6.45, 7) is 6.58. The second kappa shape index (κ2) is 39.5. The van der Waals surface area contributed by atoms with E-state index in [1.54, 1.807) is 146 Å². The Morgan fingerprint density at radius 3 is 0.803 bits per heavy atom. The van der Waals surface area contributed by atoms with E-state index < -0.39 is 23.6 Å². The molecule has 0 bridgehead atoms. The summed E-state index contributed by atoms with van der Waals surface area (Å²) in [5, 5.41) is 11.4. The van der Waals surface area contributed by atoms with Gasteiger partial charge in [0, 0.05) is 69.0 Å². The van der Waals surface area contributed by atoms with Crippen molar-refractivity contribution >= 4 is 75.9 Å². The van der Waals surface area contributed by atoms with Gasteiger partial charge in [0.05, 0.1) is 17.8 Å². The lowest BCUT2D eigenvalue weighted by Crippen LogP contribution is -2.25. The third-order valence-corrected chi connectivity index (χ3v) is 21.2. The molecular weight excluding hydrogens is 1470 g/mol. The third kappa shape index (κ3) is 23.8. The predicted octanol–water partition coefficient (Wildman–Crippen LogP) is 21.8. The number of carbonyl (C=O) groups is 9. The SMILES string of the molecule is CC1CCC(C(=O)Oc2ccc(CC(=O)c3cc(NC(=O)c4ccc(OC(=O)C5CCC(C)CC5)cc4)cc(C(=O)Nc4ccc(OC(=O)C5CCC(C)CC5)cc4)c3)cc2)CC1.O=C(Cc1ccc(Oc2ccccc2)cc1)c1cc(NC(=O)c2ccc(Oc3ccccc3)cc2)cc(C(=O)Nc2ccc(Oc3ccccc3)cc2)c1. The molecule has 0 heterocycles. The first kappa shape index (κ1) is 81.5. The number of carbonyl (C=O) groups excluding carboxylic acids is 9. The smallest absolute Gasteiger partial charge is 0.314 e. The number of hydrogen-bond donors (Lipinski definition) is 4. The number of ether oxygens (including phenoxy) is 6. The number of hydrogen-bond acceptors (Lipinski definition) is 15. The van der Waals surface area contributed by atoms with Crippen LogP contribution in [-0.2, 0) is 27.2 Å². The number of anilines is 4. The molecule has 0 radical (unpaired) electrons. The molecule has 0 atom stereocenters. The lowest BCUT2D eigenvalue weighted by atomic mass is 9.83. The zero-order valence-corrected chi connectivity index (χ0v) is 65.5. The standard InChI is InChI=1S/C52H58N2O9.C46H34N2O6/c1-32-4-12-37(13-5-32)50(58)61-44-22-10-35(11-23-44)28-47(55)40-29-41(49(57)53-42-20-26-46(27-21-42)63-52(60)39-16-8-34(3)9-17-39)31-43(30-40)54-48(56)36-18-24-45(25-19-36)62-51(59)38-14-6-33(2)7-15-38;49-44(28-32-16-22-41(23-17-32)52-38-10-4-1-5-11-38)34-29-35(46(51)47-36-20-26-43(27-21-36)54-40-14-8-3-9-15-40)31-37(30-34)48-45(50)33-18-24-42(25-19-33)53-39-12-6-2-7-13-39/h10-11,18-27,29-34,37-39H,4-9,12-17,28H2,1-3H3,(H,53,57)(H,54,56);1-27,29-31H,28H2,(H,47,51)(H,48,50). The van der Waals surface area contributed by atoms with E-state index in [9.17, 15) is 43.2 Å². The Morgan fingerprint density at radius 1 is 0.248 bits per heavy atom. The van der Waals surface area contributed by atoms with Crippen LogP contribution in [0.25, 0.3) is 0 Å². The number of esters is 3. The molecule has 3 aliphatic rings. The molecule has 4 amide bonds. The summed E-state index contributed by atoms with van der Waals surface area (Å²) in [5.74, 6) is 3.31. The molecule has 0 aromatic heterocycles. The van der Waals surface area contributed by atoms with E-state index in [-0.39, 0.29) is 93.6 Å². The van der Waals surface area contributed by atoms with Crippen LogP contribution in [0.15, 0.2) is 273 Å². The highest BCUT2D eigenvalue weighted by molar-refractivity contribution is 6.12. The van der Waals surface area contributed by atoms with Gasteiger partial charge in [-0.05, 0) is 300 Å². The van der Waals surface area contributed by atoms with Gasteiger partial charge < -0.3 is 49.7 Å². The highest BCUT2D eigenvalue weighted by Gasteiger charge is 2.30. The molecule has 0 saturated heterocycles. The van der Waals surface area contributed by atoms with Gasteiger partial charge in [-0.25, -0.2) is 0 Å². The molecule has 11 aromatic carbocycles. The fourth-order valence-corrected chi connectivity index (χ4v) is 14.2. The lowest BCUT2D eigenvalue weighted by Gasteiger charge is -2.24.